The minimum atomic E-state index is -0.0105. The van der Waals surface area contributed by atoms with Gasteiger partial charge in [0.1, 0.15) is 6.54 Å². The minimum absolute atomic E-state index is 0.0105. The Morgan fingerprint density at radius 3 is 2.88 bits per heavy atom. The maximum absolute atomic E-state index is 5.71. The summed E-state index contributed by atoms with van der Waals surface area (Å²) in [7, 11) is 0. The molecule has 1 spiro atoms. The van der Waals surface area contributed by atoms with Crippen molar-refractivity contribution >= 4 is 5.71 Å². The van der Waals surface area contributed by atoms with E-state index in [1.165, 1.54) is 18.5 Å². The third kappa shape index (κ3) is 1.71. The summed E-state index contributed by atoms with van der Waals surface area (Å²) >= 11 is 0. The van der Waals surface area contributed by atoms with Gasteiger partial charge in [-0.15, -0.1) is 0 Å². The van der Waals surface area contributed by atoms with Crippen molar-refractivity contribution in [3.63, 3.8) is 0 Å². The minimum Gasteiger partial charge on any atom is -0.382 e. The summed E-state index contributed by atoms with van der Waals surface area (Å²) in [6, 6.07) is 10.3. The van der Waals surface area contributed by atoms with Crippen LogP contribution in [0.5, 0.6) is 0 Å². The highest BCUT2D eigenvalue weighted by Gasteiger charge is 2.42. The van der Waals surface area contributed by atoms with Gasteiger partial charge in [-0.2, -0.15) is 0 Å². The highest BCUT2D eigenvalue weighted by molar-refractivity contribution is 6.01. The highest BCUT2D eigenvalue weighted by atomic mass is 16.7. The number of rotatable bonds is 1. The molecule has 2 heterocycles. The predicted octanol–water partition coefficient (Wildman–Crippen LogP) is 0.907. The molecule has 0 aromatic heterocycles. The van der Waals surface area contributed by atoms with Crippen LogP contribution in [0, 0.1) is 0 Å². The summed E-state index contributed by atoms with van der Waals surface area (Å²) in [4.78, 5) is 5.71. The summed E-state index contributed by atoms with van der Waals surface area (Å²) in [6.45, 7) is 2.28. The van der Waals surface area contributed by atoms with Crippen LogP contribution in [0.1, 0.15) is 24.8 Å². The van der Waals surface area contributed by atoms with Gasteiger partial charge in [0.2, 0.25) is 0 Å². The van der Waals surface area contributed by atoms with Crippen molar-refractivity contribution in [1.29, 1.82) is 0 Å². The van der Waals surface area contributed by atoms with Crippen LogP contribution < -0.4 is 5.32 Å². The molecule has 3 heteroatoms. The third-order valence-corrected chi connectivity index (χ3v) is 3.50. The van der Waals surface area contributed by atoms with E-state index < -0.39 is 0 Å². The quantitative estimate of drug-likeness (QED) is 0.746. The van der Waals surface area contributed by atoms with Crippen LogP contribution >= 0.6 is 0 Å². The van der Waals surface area contributed by atoms with Crippen LogP contribution in [0.15, 0.2) is 35.5 Å². The van der Waals surface area contributed by atoms with Crippen molar-refractivity contribution in [3.8, 4) is 0 Å². The summed E-state index contributed by atoms with van der Waals surface area (Å²) in [5, 5.41) is 6.62. The van der Waals surface area contributed by atoms with Crippen molar-refractivity contribution in [1.82, 2.24) is 0 Å². The summed E-state index contributed by atoms with van der Waals surface area (Å²) < 4.78 is 0. The monoisotopic (exact) mass is 217 g/mol. The average Bonchev–Trinajstić information content (AvgIpc) is 2.75. The van der Waals surface area contributed by atoms with E-state index in [2.05, 4.69) is 34.7 Å². The smallest absolute Gasteiger partial charge is 0.191 e. The number of oxime groups is 1. The first kappa shape index (κ1) is 9.85. The molecule has 84 valence electrons. The van der Waals surface area contributed by atoms with E-state index in [1.807, 2.05) is 6.07 Å². The molecule has 2 aliphatic heterocycles. The molecule has 1 atom stereocenters. The number of piperidine rings is 1. The van der Waals surface area contributed by atoms with E-state index in [1.54, 1.807) is 0 Å². The lowest BCUT2D eigenvalue weighted by Gasteiger charge is -2.28. The lowest BCUT2D eigenvalue weighted by molar-refractivity contribution is -0.677. The molecule has 2 aliphatic rings. The van der Waals surface area contributed by atoms with Crippen LogP contribution in [-0.4, -0.2) is 24.4 Å². The first-order chi connectivity index (χ1) is 7.88. The number of benzene rings is 1. The molecule has 1 aromatic rings. The normalized spacial score (nSPS) is 28.9. The van der Waals surface area contributed by atoms with E-state index in [0.29, 0.717) is 0 Å². The average molecular weight is 217 g/mol. The summed E-state index contributed by atoms with van der Waals surface area (Å²) in [5.74, 6) is 0. The van der Waals surface area contributed by atoms with E-state index in [-0.39, 0.29) is 5.60 Å². The Bertz CT molecular complexity index is 394. The van der Waals surface area contributed by atoms with Crippen molar-refractivity contribution in [2.45, 2.75) is 24.9 Å². The van der Waals surface area contributed by atoms with Gasteiger partial charge in [-0.1, -0.05) is 35.5 Å². The Kier molecular flexibility index (Phi) is 2.40. The van der Waals surface area contributed by atoms with Gasteiger partial charge < -0.3 is 10.2 Å². The first-order valence-electron chi connectivity index (χ1n) is 6.00. The van der Waals surface area contributed by atoms with Crippen LogP contribution in [0.2, 0.25) is 0 Å². The van der Waals surface area contributed by atoms with Gasteiger partial charge in [0.15, 0.2) is 5.60 Å². The predicted molar refractivity (Wildman–Crippen MR) is 62.3 cm³/mol. The molecule has 1 unspecified atom stereocenters. The van der Waals surface area contributed by atoms with Crippen molar-refractivity contribution in [2.75, 3.05) is 13.1 Å². The van der Waals surface area contributed by atoms with Gasteiger partial charge in [-0.3, -0.25) is 0 Å². The zero-order valence-corrected chi connectivity index (χ0v) is 9.36. The number of hydrogen-bond acceptors (Lipinski definition) is 2. The molecule has 1 fully saturated rings. The fourth-order valence-corrected chi connectivity index (χ4v) is 2.59. The van der Waals surface area contributed by atoms with Gasteiger partial charge in [-0.05, 0) is 5.56 Å². The molecule has 0 aliphatic carbocycles. The maximum Gasteiger partial charge on any atom is 0.191 e. The van der Waals surface area contributed by atoms with Gasteiger partial charge in [-0.25, -0.2) is 0 Å². The first-order valence-corrected chi connectivity index (χ1v) is 6.00. The second kappa shape index (κ2) is 3.91. The van der Waals surface area contributed by atoms with Gasteiger partial charge in [0, 0.05) is 19.3 Å². The number of hydrogen-bond donors (Lipinski definition) is 1. The second-order valence-corrected chi connectivity index (χ2v) is 4.74. The zero-order valence-electron chi connectivity index (χ0n) is 9.36. The Hall–Kier alpha value is -1.35. The molecule has 0 saturated carbocycles. The van der Waals surface area contributed by atoms with E-state index in [0.717, 1.165) is 25.1 Å². The molecule has 0 bridgehead atoms. The van der Waals surface area contributed by atoms with Gasteiger partial charge >= 0.3 is 0 Å². The van der Waals surface area contributed by atoms with Crippen molar-refractivity contribution in [2.24, 2.45) is 5.16 Å². The van der Waals surface area contributed by atoms with Crippen LogP contribution in [0.4, 0.5) is 0 Å². The molecule has 3 nitrogen and oxygen atoms in total. The molecule has 0 radical (unpaired) electrons. The van der Waals surface area contributed by atoms with E-state index in [9.17, 15) is 0 Å². The zero-order chi connectivity index (χ0) is 10.8. The highest BCUT2D eigenvalue weighted by Crippen LogP contribution is 2.30. The molecule has 1 aromatic carbocycles. The largest absolute Gasteiger partial charge is 0.382 e. The fraction of sp³-hybridized carbons (Fsp3) is 0.462. The summed E-state index contributed by atoms with van der Waals surface area (Å²) in [6.07, 6.45) is 3.34. The Balaban J connectivity index is 1.77. The topological polar surface area (TPSA) is 38.2 Å². The number of nitrogens with zero attached hydrogens (tertiary/aromatic N) is 1. The SMILES string of the molecule is c1ccc(C2=NOC3(CCC[NH2+]C3)C2)cc1. The number of nitrogens with two attached hydrogens (primary N) is 1. The second-order valence-electron chi connectivity index (χ2n) is 4.74. The Morgan fingerprint density at radius 2 is 2.12 bits per heavy atom. The number of quaternary nitrogens is 1. The third-order valence-electron chi connectivity index (χ3n) is 3.50. The fourth-order valence-electron chi connectivity index (χ4n) is 2.59. The molecule has 16 heavy (non-hydrogen) atoms. The summed E-state index contributed by atoms with van der Waals surface area (Å²) in [5.41, 5.74) is 2.30. The van der Waals surface area contributed by atoms with Crippen molar-refractivity contribution in [3.05, 3.63) is 35.9 Å². The standard InChI is InChI=1S/C13H16N2O/c1-2-5-11(6-3-1)12-9-13(16-15-12)7-4-8-14-10-13/h1-3,5-6,14H,4,7-10H2/p+1. The molecule has 0 amide bonds. The maximum atomic E-state index is 5.71. The van der Waals surface area contributed by atoms with Gasteiger partial charge in [0.25, 0.3) is 0 Å². The Labute approximate surface area is 95.5 Å². The van der Waals surface area contributed by atoms with Crippen LogP contribution in [0.25, 0.3) is 0 Å². The molecular formula is C13H17N2O+. The lowest BCUT2D eigenvalue weighted by atomic mass is 9.88. The Morgan fingerprint density at radius 1 is 1.25 bits per heavy atom. The van der Waals surface area contributed by atoms with Crippen molar-refractivity contribution < 1.29 is 10.2 Å². The molecule has 3 rings (SSSR count). The molecule has 1 saturated heterocycles. The van der Waals surface area contributed by atoms with Crippen LogP contribution in [-0.2, 0) is 4.84 Å². The van der Waals surface area contributed by atoms with Crippen LogP contribution in [0.3, 0.4) is 0 Å². The van der Waals surface area contributed by atoms with E-state index in [4.69, 9.17) is 4.84 Å². The van der Waals surface area contributed by atoms with Gasteiger partial charge in [0.05, 0.1) is 12.3 Å². The van der Waals surface area contributed by atoms with E-state index >= 15 is 0 Å². The lowest BCUT2D eigenvalue weighted by Crippen LogP contribution is -2.90. The molecular weight excluding hydrogens is 200 g/mol. The molecule has 2 N–H and O–H groups in total.